The average Bonchev–Trinajstić information content (AvgIpc) is 2.32. The highest BCUT2D eigenvalue weighted by atomic mass is 127. The molecule has 0 radical (unpaired) electrons. The van der Waals surface area contributed by atoms with Crippen LogP contribution in [-0.4, -0.2) is 19.7 Å². The summed E-state index contributed by atoms with van der Waals surface area (Å²) in [7, 11) is 0. The molecule has 0 aliphatic carbocycles. The van der Waals surface area contributed by atoms with E-state index in [9.17, 15) is 0 Å². The lowest BCUT2D eigenvalue weighted by Crippen LogP contribution is -2.30. The van der Waals surface area contributed by atoms with Gasteiger partial charge in [0.05, 0.1) is 10.2 Å². The number of benzene rings is 1. The maximum Gasteiger partial charge on any atom is 0.134 e. The quantitative estimate of drug-likeness (QED) is 0.844. The Morgan fingerprint density at radius 3 is 2.88 bits per heavy atom. The monoisotopic (exact) mass is 351 g/mol. The number of hydrogen-bond donors (Lipinski definition) is 1. The normalized spacial score (nSPS) is 17.4. The molecule has 1 aromatic carbocycles. The second-order valence-electron chi connectivity index (χ2n) is 4.08. The van der Waals surface area contributed by atoms with E-state index in [0.29, 0.717) is 5.92 Å². The zero-order chi connectivity index (χ0) is 11.4. The molecule has 1 N–H and O–H groups in total. The lowest BCUT2D eigenvalue weighted by atomic mass is 9.99. The molecule has 4 heteroatoms. The summed E-state index contributed by atoms with van der Waals surface area (Å²) in [6.07, 6.45) is 2.41. The number of halogens is 2. The topological polar surface area (TPSA) is 21.3 Å². The van der Waals surface area contributed by atoms with Gasteiger partial charge in [-0.15, -0.1) is 0 Å². The molecule has 0 atom stereocenters. The van der Waals surface area contributed by atoms with Gasteiger partial charge in [0.2, 0.25) is 0 Å². The Morgan fingerprint density at radius 2 is 2.12 bits per heavy atom. The van der Waals surface area contributed by atoms with Crippen molar-refractivity contribution in [3.8, 4) is 5.75 Å². The van der Waals surface area contributed by atoms with Gasteiger partial charge in [-0.2, -0.15) is 0 Å². The number of ether oxygens (including phenoxy) is 1. The summed E-state index contributed by atoms with van der Waals surface area (Å²) < 4.78 is 6.96. The van der Waals surface area contributed by atoms with E-state index in [0.717, 1.165) is 34.0 Å². The van der Waals surface area contributed by atoms with Crippen LogP contribution < -0.4 is 10.1 Å². The van der Waals surface area contributed by atoms with Crippen molar-refractivity contribution >= 4 is 34.2 Å². The molecular formula is C12H15ClINO. The Labute approximate surface area is 115 Å². The van der Waals surface area contributed by atoms with Crippen molar-refractivity contribution in [3.05, 3.63) is 26.8 Å². The lowest BCUT2D eigenvalue weighted by molar-refractivity contribution is 0.214. The lowest BCUT2D eigenvalue weighted by Gasteiger charge is -2.22. The van der Waals surface area contributed by atoms with Crippen LogP contribution in [0.2, 0.25) is 5.02 Å². The number of piperidine rings is 1. The number of rotatable bonds is 3. The molecule has 16 heavy (non-hydrogen) atoms. The van der Waals surface area contributed by atoms with Gasteiger partial charge < -0.3 is 10.1 Å². The summed E-state index contributed by atoms with van der Waals surface area (Å²) in [5.41, 5.74) is 0. The van der Waals surface area contributed by atoms with Gasteiger partial charge in [0.25, 0.3) is 0 Å². The molecular weight excluding hydrogens is 336 g/mol. The fraction of sp³-hybridized carbons (Fsp3) is 0.500. The van der Waals surface area contributed by atoms with Crippen molar-refractivity contribution in [1.29, 1.82) is 0 Å². The minimum Gasteiger partial charge on any atom is -0.492 e. The fourth-order valence-corrected chi connectivity index (χ4v) is 2.50. The van der Waals surface area contributed by atoms with Gasteiger partial charge in [-0.25, -0.2) is 0 Å². The van der Waals surface area contributed by atoms with Crippen LogP contribution >= 0.6 is 34.2 Å². The highest BCUT2D eigenvalue weighted by molar-refractivity contribution is 14.1. The third-order valence-corrected chi connectivity index (χ3v) is 3.95. The first kappa shape index (κ1) is 12.5. The molecule has 2 rings (SSSR count). The van der Waals surface area contributed by atoms with E-state index in [4.69, 9.17) is 16.3 Å². The van der Waals surface area contributed by atoms with Crippen LogP contribution in [0.4, 0.5) is 0 Å². The van der Waals surface area contributed by atoms with Gasteiger partial charge in [-0.05, 0) is 72.6 Å². The Hall–Kier alpha value is -0.0000000000000000833. The van der Waals surface area contributed by atoms with Gasteiger partial charge in [-0.3, -0.25) is 0 Å². The maximum absolute atomic E-state index is 5.95. The van der Waals surface area contributed by atoms with Gasteiger partial charge in [0.1, 0.15) is 5.75 Å². The molecule has 0 unspecified atom stereocenters. The SMILES string of the molecule is Clc1ccc(I)c(OCC2CCNCC2)c1. The minimum absolute atomic E-state index is 0.677. The fourth-order valence-electron chi connectivity index (χ4n) is 1.84. The molecule has 2 nitrogen and oxygen atoms in total. The number of hydrogen-bond acceptors (Lipinski definition) is 2. The summed E-state index contributed by atoms with van der Waals surface area (Å²) in [5, 5.41) is 4.09. The van der Waals surface area contributed by atoms with E-state index in [2.05, 4.69) is 27.9 Å². The highest BCUT2D eigenvalue weighted by Gasteiger charge is 2.14. The molecule has 1 aliphatic rings. The van der Waals surface area contributed by atoms with Crippen molar-refractivity contribution < 1.29 is 4.74 Å². The standard InChI is InChI=1S/C12H15ClINO/c13-10-1-2-11(14)12(7-10)16-8-9-3-5-15-6-4-9/h1-2,7,9,15H,3-6,8H2. The van der Waals surface area contributed by atoms with Gasteiger partial charge >= 0.3 is 0 Å². The molecule has 0 spiro atoms. The van der Waals surface area contributed by atoms with E-state index < -0.39 is 0 Å². The van der Waals surface area contributed by atoms with E-state index >= 15 is 0 Å². The molecule has 1 heterocycles. The van der Waals surface area contributed by atoms with Gasteiger partial charge in [-0.1, -0.05) is 11.6 Å². The van der Waals surface area contributed by atoms with E-state index in [1.807, 2.05) is 18.2 Å². The zero-order valence-corrected chi connectivity index (χ0v) is 11.9. The molecule has 1 aromatic rings. The van der Waals surface area contributed by atoms with Crippen LogP contribution in [0, 0.1) is 9.49 Å². The second-order valence-corrected chi connectivity index (χ2v) is 5.68. The molecule has 0 aromatic heterocycles. The van der Waals surface area contributed by atoms with Crippen LogP contribution in [0.1, 0.15) is 12.8 Å². The Balaban J connectivity index is 1.90. The van der Waals surface area contributed by atoms with Crippen LogP contribution in [0.25, 0.3) is 0 Å². The summed E-state index contributed by atoms with van der Waals surface area (Å²) in [6.45, 7) is 3.03. The highest BCUT2D eigenvalue weighted by Crippen LogP contribution is 2.26. The predicted octanol–water partition coefficient (Wildman–Crippen LogP) is 3.32. The van der Waals surface area contributed by atoms with Crippen molar-refractivity contribution in [2.75, 3.05) is 19.7 Å². The first-order valence-electron chi connectivity index (χ1n) is 5.54. The maximum atomic E-state index is 5.95. The van der Waals surface area contributed by atoms with E-state index in [1.165, 1.54) is 12.8 Å². The number of nitrogens with one attached hydrogen (secondary N) is 1. The van der Waals surface area contributed by atoms with Crippen molar-refractivity contribution in [3.63, 3.8) is 0 Å². The Kier molecular flexibility index (Phi) is 4.73. The third-order valence-electron chi connectivity index (χ3n) is 2.83. The first-order chi connectivity index (χ1) is 7.75. The molecule has 1 fully saturated rings. The Morgan fingerprint density at radius 1 is 1.38 bits per heavy atom. The third kappa shape index (κ3) is 3.50. The van der Waals surface area contributed by atoms with E-state index in [1.54, 1.807) is 0 Å². The Bertz CT molecular complexity index is 353. The molecule has 1 aliphatic heterocycles. The minimum atomic E-state index is 0.677. The smallest absolute Gasteiger partial charge is 0.134 e. The summed E-state index contributed by atoms with van der Waals surface area (Å²) in [5.74, 6) is 1.59. The van der Waals surface area contributed by atoms with Gasteiger partial charge in [0, 0.05) is 5.02 Å². The van der Waals surface area contributed by atoms with Crippen LogP contribution in [-0.2, 0) is 0 Å². The summed E-state index contributed by atoms with van der Waals surface area (Å²) in [6, 6.07) is 5.77. The average molecular weight is 352 g/mol. The van der Waals surface area contributed by atoms with Gasteiger partial charge in [0.15, 0.2) is 0 Å². The molecule has 0 saturated carbocycles. The van der Waals surface area contributed by atoms with Crippen LogP contribution in [0.15, 0.2) is 18.2 Å². The molecule has 88 valence electrons. The predicted molar refractivity (Wildman–Crippen MR) is 75.3 cm³/mol. The summed E-state index contributed by atoms with van der Waals surface area (Å²) in [4.78, 5) is 0. The van der Waals surface area contributed by atoms with E-state index in [-0.39, 0.29) is 0 Å². The first-order valence-corrected chi connectivity index (χ1v) is 7.00. The second kappa shape index (κ2) is 6.07. The van der Waals surface area contributed by atoms with Crippen molar-refractivity contribution in [2.24, 2.45) is 5.92 Å². The molecule has 0 bridgehead atoms. The van der Waals surface area contributed by atoms with Crippen LogP contribution in [0.3, 0.4) is 0 Å². The molecule has 1 saturated heterocycles. The van der Waals surface area contributed by atoms with Crippen molar-refractivity contribution in [2.45, 2.75) is 12.8 Å². The largest absolute Gasteiger partial charge is 0.492 e. The zero-order valence-electron chi connectivity index (χ0n) is 9.01. The van der Waals surface area contributed by atoms with Crippen molar-refractivity contribution in [1.82, 2.24) is 5.32 Å². The summed E-state index contributed by atoms with van der Waals surface area (Å²) >= 11 is 8.22. The van der Waals surface area contributed by atoms with Crippen LogP contribution in [0.5, 0.6) is 5.75 Å². The molecule has 0 amide bonds.